The van der Waals surface area contributed by atoms with Gasteiger partial charge in [-0.1, -0.05) is 54.6 Å². The summed E-state index contributed by atoms with van der Waals surface area (Å²) in [5.41, 5.74) is 5.04. The second-order valence-electron chi connectivity index (χ2n) is 11.2. The van der Waals surface area contributed by atoms with Gasteiger partial charge < -0.3 is 19.7 Å². The number of aryl methyl sites for hydroxylation is 2. The Kier molecular flexibility index (Phi) is 9.88. The smallest absolute Gasteiger partial charge is 0.255 e. The topological polar surface area (TPSA) is 102 Å². The van der Waals surface area contributed by atoms with Crippen molar-refractivity contribution < 1.29 is 27.5 Å². The molecule has 0 unspecified atom stereocenters. The molecule has 1 N–H and O–H groups in total. The summed E-state index contributed by atoms with van der Waals surface area (Å²) in [6, 6.07) is 25.4. The number of hydrogen-bond acceptors (Lipinski definition) is 6. The average molecular weight is 627 g/mol. The van der Waals surface area contributed by atoms with E-state index >= 15 is 0 Å². The van der Waals surface area contributed by atoms with E-state index in [0.29, 0.717) is 47.4 Å². The Morgan fingerprint density at radius 3 is 2.27 bits per heavy atom. The maximum absolute atomic E-state index is 13.7. The van der Waals surface area contributed by atoms with Crippen LogP contribution >= 0.6 is 0 Å². The Bertz CT molecular complexity index is 1810. The molecular weight excluding hydrogens is 588 g/mol. The van der Waals surface area contributed by atoms with Crippen molar-refractivity contribution in [3.05, 3.63) is 113 Å². The van der Waals surface area contributed by atoms with E-state index in [1.807, 2.05) is 55.5 Å². The normalized spacial score (nSPS) is 12.7. The second kappa shape index (κ2) is 14.0. The molecular formula is C36H38N2O6S. The summed E-state index contributed by atoms with van der Waals surface area (Å²) in [5.74, 6) is 0.407. The molecule has 234 valence electrons. The third kappa shape index (κ3) is 7.37. The van der Waals surface area contributed by atoms with E-state index in [9.17, 15) is 18.0 Å². The van der Waals surface area contributed by atoms with Crippen LogP contribution < -0.4 is 14.8 Å². The van der Waals surface area contributed by atoms with Crippen LogP contribution in [0.1, 0.15) is 50.2 Å². The number of methoxy groups -OCH3 is 2. The highest BCUT2D eigenvalue weighted by atomic mass is 32.2. The van der Waals surface area contributed by atoms with Gasteiger partial charge in [-0.3, -0.25) is 9.59 Å². The molecule has 45 heavy (non-hydrogen) atoms. The van der Waals surface area contributed by atoms with Crippen molar-refractivity contribution in [1.29, 1.82) is 0 Å². The maximum Gasteiger partial charge on any atom is 0.255 e. The predicted molar refractivity (Wildman–Crippen MR) is 175 cm³/mol. The lowest BCUT2D eigenvalue weighted by atomic mass is 10.0. The van der Waals surface area contributed by atoms with E-state index in [-0.39, 0.29) is 28.2 Å². The van der Waals surface area contributed by atoms with Gasteiger partial charge in [-0.15, -0.1) is 0 Å². The van der Waals surface area contributed by atoms with Crippen molar-refractivity contribution in [1.82, 2.24) is 10.2 Å². The summed E-state index contributed by atoms with van der Waals surface area (Å²) in [5, 5.41) is 2.96. The van der Waals surface area contributed by atoms with E-state index in [0.717, 1.165) is 36.2 Å². The van der Waals surface area contributed by atoms with Gasteiger partial charge in [0.05, 0.1) is 25.5 Å². The van der Waals surface area contributed by atoms with Crippen molar-refractivity contribution >= 4 is 21.7 Å². The molecule has 0 aliphatic carbocycles. The Morgan fingerprint density at radius 2 is 1.53 bits per heavy atom. The molecule has 4 aromatic carbocycles. The number of carbonyl (C=O) groups excluding carboxylic acids is 2. The monoisotopic (exact) mass is 626 g/mol. The maximum atomic E-state index is 13.7. The fourth-order valence-corrected chi connectivity index (χ4v) is 7.03. The summed E-state index contributed by atoms with van der Waals surface area (Å²) in [7, 11) is -0.787. The zero-order chi connectivity index (χ0) is 32.0. The van der Waals surface area contributed by atoms with Gasteiger partial charge in [-0.05, 0) is 84.3 Å². The first kappa shape index (κ1) is 31.8. The van der Waals surface area contributed by atoms with Crippen LogP contribution in [0.3, 0.4) is 0 Å². The third-order valence-electron chi connectivity index (χ3n) is 8.04. The number of nitrogens with one attached hydrogen (secondary N) is 1. The highest BCUT2D eigenvalue weighted by molar-refractivity contribution is 7.90. The van der Waals surface area contributed by atoms with Crippen LogP contribution in [-0.4, -0.2) is 59.0 Å². The molecule has 1 aliphatic heterocycles. The van der Waals surface area contributed by atoms with Gasteiger partial charge in [-0.25, -0.2) is 8.42 Å². The molecule has 2 amide bonds. The molecule has 0 aromatic heterocycles. The molecule has 5 rings (SSSR count). The zero-order valence-corrected chi connectivity index (χ0v) is 26.7. The molecule has 0 bridgehead atoms. The van der Waals surface area contributed by atoms with Crippen LogP contribution in [0, 0.1) is 6.92 Å². The number of hydrogen-bond donors (Lipinski definition) is 1. The van der Waals surface area contributed by atoms with E-state index in [1.54, 1.807) is 48.4 Å². The SMILES string of the molecule is COc1ccc(-c2cccc(C(=O)N3CCC3)c2)cc1S(=O)(=O)Cc1cccc(CCCNC(=O)c2c(C)cccc2OC)c1. The van der Waals surface area contributed by atoms with E-state index in [1.165, 1.54) is 7.11 Å². The molecule has 1 saturated heterocycles. The Balaban J connectivity index is 1.26. The molecule has 1 heterocycles. The van der Waals surface area contributed by atoms with Gasteiger partial charge in [0.25, 0.3) is 11.8 Å². The Hall–Kier alpha value is -4.63. The van der Waals surface area contributed by atoms with Crippen molar-refractivity contribution in [3.8, 4) is 22.6 Å². The lowest BCUT2D eigenvalue weighted by molar-refractivity contribution is 0.0651. The first-order valence-corrected chi connectivity index (χ1v) is 16.7. The minimum absolute atomic E-state index is 0.0155. The Labute approximate surface area is 264 Å². The quantitative estimate of drug-likeness (QED) is 0.198. The molecule has 1 aliphatic rings. The minimum atomic E-state index is -3.78. The van der Waals surface area contributed by atoms with Gasteiger partial charge in [0.2, 0.25) is 0 Å². The number of ether oxygens (including phenoxy) is 2. The molecule has 1 fully saturated rings. The van der Waals surface area contributed by atoms with Gasteiger partial charge >= 0.3 is 0 Å². The number of amides is 2. The summed E-state index contributed by atoms with van der Waals surface area (Å²) in [4.78, 5) is 27.4. The van der Waals surface area contributed by atoms with Crippen molar-refractivity contribution in [2.45, 2.75) is 36.8 Å². The average Bonchev–Trinajstić information content (AvgIpc) is 3.01. The molecule has 0 atom stereocenters. The molecule has 0 spiro atoms. The number of sulfone groups is 1. The zero-order valence-electron chi connectivity index (χ0n) is 25.8. The number of likely N-dealkylation sites (tertiary alicyclic amines) is 1. The summed E-state index contributed by atoms with van der Waals surface area (Å²) >= 11 is 0. The minimum Gasteiger partial charge on any atom is -0.496 e. The lowest BCUT2D eigenvalue weighted by Gasteiger charge is -2.31. The standard InChI is InChI=1S/C36H38N2O6S/c1-25-9-4-15-32(44-3)34(25)35(39)37-18-7-12-26-10-5-11-27(21-26)24-45(41,42)33-23-29(16-17-31(33)43-2)28-13-6-14-30(22-28)36(40)38-19-8-20-38/h4-6,9-11,13-17,21-23H,7-8,12,18-20,24H2,1-3H3,(H,37,39). The van der Waals surface area contributed by atoms with E-state index < -0.39 is 9.84 Å². The predicted octanol–water partition coefficient (Wildman–Crippen LogP) is 5.86. The Morgan fingerprint density at radius 1 is 0.822 bits per heavy atom. The van der Waals surface area contributed by atoms with E-state index in [2.05, 4.69) is 5.32 Å². The number of rotatable bonds is 12. The summed E-state index contributed by atoms with van der Waals surface area (Å²) in [6.07, 6.45) is 2.37. The van der Waals surface area contributed by atoms with Gasteiger partial charge in [0.15, 0.2) is 9.84 Å². The van der Waals surface area contributed by atoms with Crippen LogP contribution in [0.2, 0.25) is 0 Å². The number of benzene rings is 4. The van der Waals surface area contributed by atoms with Crippen LogP contribution in [0.15, 0.2) is 89.8 Å². The fraction of sp³-hybridized carbons (Fsp3) is 0.278. The lowest BCUT2D eigenvalue weighted by Crippen LogP contribution is -2.41. The highest BCUT2D eigenvalue weighted by Gasteiger charge is 2.24. The number of carbonyl (C=O) groups is 2. The van der Waals surface area contributed by atoms with Gasteiger partial charge in [-0.2, -0.15) is 0 Å². The first-order chi connectivity index (χ1) is 21.7. The largest absolute Gasteiger partial charge is 0.496 e. The van der Waals surface area contributed by atoms with Crippen LogP contribution in [0.25, 0.3) is 11.1 Å². The third-order valence-corrected chi connectivity index (χ3v) is 9.74. The molecule has 9 heteroatoms. The second-order valence-corrected chi connectivity index (χ2v) is 13.1. The fourth-order valence-electron chi connectivity index (χ4n) is 5.49. The first-order valence-electron chi connectivity index (χ1n) is 15.0. The summed E-state index contributed by atoms with van der Waals surface area (Å²) < 4.78 is 38.3. The van der Waals surface area contributed by atoms with Crippen molar-refractivity contribution in [2.75, 3.05) is 33.9 Å². The summed E-state index contributed by atoms with van der Waals surface area (Å²) in [6.45, 7) is 3.86. The molecule has 8 nitrogen and oxygen atoms in total. The molecule has 0 saturated carbocycles. The van der Waals surface area contributed by atoms with Crippen LogP contribution in [0.4, 0.5) is 0 Å². The van der Waals surface area contributed by atoms with E-state index in [4.69, 9.17) is 9.47 Å². The molecule has 0 radical (unpaired) electrons. The van der Waals surface area contributed by atoms with Crippen LogP contribution in [-0.2, 0) is 22.0 Å². The number of nitrogens with zero attached hydrogens (tertiary/aromatic N) is 1. The van der Waals surface area contributed by atoms with Gasteiger partial charge in [0, 0.05) is 25.2 Å². The van der Waals surface area contributed by atoms with Crippen molar-refractivity contribution in [2.24, 2.45) is 0 Å². The molecule has 4 aromatic rings. The van der Waals surface area contributed by atoms with Gasteiger partial charge in [0.1, 0.15) is 16.4 Å². The van der Waals surface area contributed by atoms with Crippen LogP contribution in [0.5, 0.6) is 11.5 Å². The highest BCUT2D eigenvalue weighted by Crippen LogP contribution is 2.33. The van der Waals surface area contributed by atoms with Crippen molar-refractivity contribution in [3.63, 3.8) is 0 Å².